The zero-order valence-corrected chi connectivity index (χ0v) is 8.95. The molecule has 3 unspecified atom stereocenters. The lowest BCUT2D eigenvalue weighted by Crippen LogP contribution is -2.50. The minimum Gasteiger partial charge on any atom is -0.313 e. The molecule has 3 atom stereocenters. The first-order valence-electron chi connectivity index (χ1n) is 5.89. The van der Waals surface area contributed by atoms with Crippen LogP contribution in [0, 0.1) is 5.92 Å². The van der Waals surface area contributed by atoms with Crippen molar-refractivity contribution < 1.29 is 0 Å². The predicted octanol–water partition coefficient (Wildman–Crippen LogP) is 2.18. The molecule has 1 saturated heterocycles. The van der Waals surface area contributed by atoms with E-state index in [1.807, 2.05) is 0 Å². The normalized spacial score (nSPS) is 39.3. The second kappa shape index (κ2) is 3.32. The molecule has 3 N–H and O–H groups in total. The van der Waals surface area contributed by atoms with Crippen LogP contribution in [0.25, 0.3) is 0 Å². The molecule has 1 aromatic rings. The van der Waals surface area contributed by atoms with Crippen LogP contribution in [0.5, 0.6) is 0 Å². The summed E-state index contributed by atoms with van der Waals surface area (Å²) in [5.74, 6) is 0.683. The highest BCUT2D eigenvalue weighted by Crippen LogP contribution is 2.44. The Morgan fingerprint density at radius 2 is 2.07 bits per heavy atom. The number of nitrogens with one attached hydrogen (secondary N) is 1. The Morgan fingerprint density at radius 1 is 1.27 bits per heavy atom. The Kier molecular flexibility index (Phi) is 2.08. The van der Waals surface area contributed by atoms with Crippen LogP contribution >= 0.6 is 0 Å². The van der Waals surface area contributed by atoms with E-state index < -0.39 is 0 Å². The van der Waals surface area contributed by atoms with Crippen molar-refractivity contribution in [2.45, 2.75) is 37.4 Å². The number of benzene rings is 1. The van der Waals surface area contributed by atoms with Gasteiger partial charge in [0.1, 0.15) is 0 Å². The third kappa shape index (κ3) is 1.48. The van der Waals surface area contributed by atoms with Crippen LogP contribution in [0.3, 0.4) is 0 Å². The van der Waals surface area contributed by atoms with E-state index in [9.17, 15) is 0 Å². The number of fused-ring (bicyclic) bond motifs is 1. The van der Waals surface area contributed by atoms with E-state index in [1.54, 1.807) is 0 Å². The molecular formula is C13H18N2. The molecule has 1 saturated carbocycles. The lowest BCUT2D eigenvalue weighted by molar-refractivity contribution is 0.327. The van der Waals surface area contributed by atoms with Crippen molar-refractivity contribution in [3.05, 3.63) is 35.9 Å². The van der Waals surface area contributed by atoms with Gasteiger partial charge in [-0.25, -0.2) is 0 Å². The van der Waals surface area contributed by atoms with Gasteiger partial charge in [0.05, 0.1) is 5.66 Å². The molecule has 2 aliphatic rings. The molecule has 0 amide bonds. The molecule has 0 bridgehead atoms. The lowest BCUT2D eigenvalue weighted by atomic mass is 9.95. The summed E-state index contributed by atoms with van der Waals surface area (Å²) in [6.45, 7) is 0. The summed E-state index contributed by atoms with van der Waals surface area (Å²) in [5, 5.41) is 3.62. The molecular weight excluding hydrogens is 184 g/mol. The maximum Gasteiger partial charge on any atom is 0.0696 e. The van der Waals surface area contributed by atoms with Gasteiger partial charge in [-0.1, -0.05) is 30.3 Å². The van der Waals surface area contributed by atoms with Crippen LogP contribution in [0.2, 0.25) is 0 Å². The smallest absolute Gasteiger partial charge is 0.0696 e. The van der Waals surface area contributed by atoms with Gasteiger partial charge in [0.25, 0.3) is 0 Å². The highest BCUT2D eigenvalue weighted by Gasteiger charge is 2.47. The van der Waals surface area contributed by atoms with Crippen LogP contribution in [0.1, 0.15) is 37.3 Å². The zero-order chi connectivity index (χ0) is 10.3. The molecule has 0 radical (unpaired) electrons. The predicted molar refractivity (Wildman–Crippen MR) is 61.2 cm³/mol. The quantitative estimate of drug-likeness (QED) is 0.732. The second-order valence-electron chi connectivity index (χ2n) is 4.97. The molecule has 2 heteroatoms. The first-order valence-corrected chi connectivity index (χ1v) is 5.89. The zero-order valence-electron chi connectivity index (χ0n) is 8.95. The summed E-state index contributed by atoms with van der Waals surface area (Å²) >= 11 is 0. The monoisotopic (exact) mass is 202 g/mol. The van der Waals surface area contributed by atoms with Gasteiger partial charge < -0.3 is 5.73 Å². The van der Waals surface area contributed by atoms with Crippen LogP contribution in [-0.2, 0) is 0 Å². The Bertz CT molecular complexity index is 349. The molecule has 1 aliphatic carbocycles. The summed E-state index contributed by atoms with van der Waals surface area (Å²) in [6.07, 6.45) is 4.93. The highest BCUT2D eigenvalue weighted by atomic mass is 15.2. The van der Waals surface area contributed by atoms with Crippen molar-refractivity contribution in [3.63, 3.8) is 0 Å². The Balaban J connectivity index is 1.82. The molecule has 1 aromatic carbocycles. The SMILES string of the molecule is NC12CCCC1CC(c1ccccc1)N2. The standard InChI is InChI=1S/C13H18N2/c14-13-8-4-7-11(13)9-12(15-13)10-5-2-1-3-6-10/h1-3,5-6,11-12,15H,4,7-9,14H2. The summed E-state index contributed by atoms with van der Waals surface area (Å²) in [7, 11) is 0. The van der Waals surface area contributed by atoms with E-state index >= 15 is 0 Å². The fourth-order valence-corrected chi connectivity index (χ4v) is 3.19. The van der Waals surface area contributed by atoms with Gasteiger partial charge in [0.15, 0.2) is 0 Å². The molecule has 0 spiro atoms. The maximum absolute atomic E-state index is 6.38. The fraction of sp³-hybridized carbons (Fsp3) is 0.538. The average molecular weight is 202 g/mol. The third-order valence-corrected chi connectivity index (χ3v) is 4.04. The van der Waals surface area contributed by atoms with Gasteiger partial charge in [0.2, 0.25) is 0 Å². The van der Waals surface area contributed by atoms with Crippen LogP contribution in [0.15, 0.2) is 30.3 Å². The summed E-state index contributed by atoms with van der Waals surface area (Å²) in [6, 6.07) is 11.1. The lowest BCUT2D eigenvalue weighted by Gasteiger charge is -2.25. The van der Waals surface area contributed by atoms with Gasteiger partial charge in [-0.2, -0.15) is 0 Å². The van der Waals surface area contributed by atoms with E-state index in [1.165, 1.54) is 24.8 Å². The molecule has 3 rings (SSSR count). The largest absolute Gasteiger partial charge is 0.313 e. The van der Waals surface area contributed by atoms with E-state index in [2.05, 4.69) is 35.6 Å². The van der Waals surface area contributed by atoms with Crippen molar-refractivity contribution in [1.29, 1.82) is 0 Å². The van der Waals surface area contributed by atoms with Gasteiger partial charge in [-0.15, -0.1) is 0 Å². The second-order valence-corrected chi connectivity index (χ2v) is 4.97. The molecule has 2 fully saturated rings. The first-order chi connectivity index (χ1) is 7.28. The van der Waals surface area contributed by atoms with Crippen molar-refractivity contribution >= 4 is 0 Å². The van der Waals surface area contributed by atoms with Crippen LogP contribution < -0.4 is 11.1 Å². The molecule has 1 aliphatic heterocycles. The van der Waals surface area contributed by atoms with E-state index in [-0.39, 0.29) is 5.66 Å². The van der Waals surface area contributed by atoms with E-state index in [4.69, 9.17) is 5.73 Å². The van der Waals surface area contributed by atoms with Crippen molar-refractivity contribution in [3.8, 4) is 0 Å². The number of hydrogen-bond donors (Lipinski definition) is 2. The minimum atomic E-state index is -0.0689. The average Bonchev–Trinajstić information content (AvgIpc) is 2.74. The van der Waals surface area contributed by atoms with E-state index in [0.29, 0.717) is 12.0 Å². The number of rotatable bonds is 1. The molecule has 15 heavy (non-hydrogen) atoms. The third-order valence-electron chi connectivity index (χ3n) is 4.04. The molecule has 80 valence electrons. The first kappa shape index (κ1) is 9.37. The molecule has 2 nitrogen and oxygen atoms in total. The van der Waals surface area contributed by atoms with Crippen LogP contribution in [-0.4, -0.2) is 5.66 Å². The highest BCUT2D eigenvalue weighted by molar-refractivity contribution is 5.22. The van der Waals surface area contributed by atoms with Gasteiger partial charge >= 0.3 is 0 Å². The van der Waals surface area contributed by atoms with Crippen molar-refractivity contribution in [2.75, 3.05) is 0 Å². The minimum absolute atomic E-state index is 0.0689. The molecule has 1 heterocycles. The fourth-order valence-electron chi connectivity index (χ4n) is 3.19. The summed E-state index contributed by atoms with van der Waals surface area (Å²) < 4.78 is 0. The summed E-state index contributed by atoms with van der Waals surface area (Å²) in [4.78, 5) is 0. The Hall–Kier alpha value is -0.860. The van der Waals surface area contributed by atoms with Crippen molar-refractivity contribution in [1.82, 2.24) is 5.32 Å². The van der Waals surface area contributed by atoms with Gasteiger partial charge in [0, 0.05) is 6.04 Å². The van der Waals surface area contributed by atoms with Gasteiger partial charge in [-0.05, 0) is 37.2 Å². The van der Waals surface area contributed by atoms with Crippen molar-refractivity contribution in [2.24, 2.45) is 11.7 Å². The number of nitrogens with two attached hydrogens (primary N) is 1. The topological polar surface area (TPSA) is 38.0 Å². The maximum atomic E-state index is 6.38. The Morgan fingerprint density at radius 3 is 2.80 bits per heavy atom. The van der Waals surface area contributed by atoms with E-state index in [0.717, 1.165) is 6.42 Å². The number of hydrogen-bond acceptors (Lipinski definition) is 2. The summed E-state index contributed by atoms with van der Waals surface area (Å²) in [5.41, 5.74) is 7.70. The Labute approximate surface area is 90.9 Å². The molecule has 0 aromatic heterocycles. The van der Waals surface area contributed by atoms with Crippen LogP contribution in [0.4, 0.5) is 0 Å². The van der Waals surface area contributed by atoms with Gasteiger partial charge in [-0.3, -0.25) is 5.32 Å².